The summed E-state index contributed by atoms with van der Waals surface area (Å²) in [4.78, 5) is 15.1. The SMILES string of the molecule is c1ccc(-c2nc(-c3ccc4ccc5c6ccccc6ccc5c4c3)nc(-c3ccc4sc5ccccc5c4c3)n2)cc1. The lowest BCUT2D eigenvalue weighted by Gasteiger charge is -2.11. The molecular weight excluding hydrogens is 543 g/mol. The molecule has 200 valence electrons. The van der Waals surface area contributed by atoms with Gasteiger partial charge in [-0.2, -0.15) is 0 Å². The highest BCUT2D eigenvalue weighted by Crippen LogP contribution is 2.37. The molecule has 9 aromatic rings. The summed E-state index contributed by atoms with van der Waals surface area (Å²) in [6.07, 6.45) is 0. The predicted octanol–water partition coefficient (Wildman–Crippen LogP) is 10.7. The van der Waals surface area contributed by atoms with E-state index in [0.717, 1.165) is 16.7 Å². The van der Waals surface area contributed by atoms with E-state index in [4.69, 9.17) is 15.0 Å². The van der Waals surface area contributed by atoms with Gasteiger partial charge in [0.2, 0.25) is 0 Å². The summed E-state index contributed by atoms with van der Waals surface area (Å²) >= 11 is 1.81. The monoisotopic (exact) mass is 565 g/mol. The minimum absolute atomic E-state index is 0.666. The third-order valence-electron chi connectivity index (χ3n) is 8.30. The van der Waals surface area contributed by atoms with Gasteiger partial charge in [-0.25, -0.2) is 15.0 Å². The molecule has 7 aromatic carbocycles. The van der Waals surface area contributed by atoms with Gasteiger partial charge in [-0.15, -0.1) is 11.3 Å². The lowest BCUT2D eigenvalue weighted by molar-refractivity contribution is 1.08. The smallest absolute Gasteiger partial charge is 0.164 e. The Bertz CT molecular complexity index is 2510. The van der Waals surface area contributed by atoms with Gasteiger partial charge in [0.1, 0.15) is 0 Å². The van der Waals surface area contributed by atoms with E-state index in [-0.39, 0.29) is 0 Å². The molecule has 0 spiro atoms. The predicted molar refractivity (Wildman–Crippen MR) is 182 cm³/mol. The largest absolute Gasteiger partial charge is 0.208 e. The van der Waals surface area contributed by atoms with Crippen LogP contribution in [-0.2, 0) is 0 Å². The molecule has 43 heavy (non-hydrogen) atoms. The van der Waals surface area contributed by atoms with Crippen LogP contribution in [-0.4, -0.2) is 15.0 Å². The van der Waals surface area contributed by atoms with Crippen LogP contribution in [0.1, 0.15) is 0 Å². The van der Waals surface area contributed by atoms with Gasteiger partial charge in [-0.05, 0) is 62.6 Å². The van der Waals surface area contributed by atoms with Gasteiger partial charge in [0, 0.05) is 36.9 Å². The Labute approximate surface area is 251 Å². The normalized spacial score (nSPS) is 11.7. The topological polar surface area (TPSA) is 38.7 Å². The fourth-order valence-corrected chi connectivity index (χ4v) is 7.26. The van der Waals surface area contributed by atoms with E-state index in [0.29, 0.717) is 17.5 Å². The van der Waals surface area contributed by atoms with Gasteiger partial charge in [-0.1, -0.05) is 109 Å². The number of hydrogen-bond donors (Lipinski definition) is 0. The van der Waals surface area contributed by atoms with Gasteiger partial charge in [0.25, 0.3) is 0 Å². The van der Waals surface area contributed by atoms with Crippen molar-refractivity contribution in [1.82, 2.24) is 15.0 Å². The van der Waals surface area contributed by atoms with E-state index in [1.807, 2.05) is 29.5 Å². The Morgan fingerprint density at radius 3 is 1.65 bits per heavy atom. The Morgan fingerprint density at radius 1 is 0.326 bits per heavy atom. The minimum atomic E-state index is 0.666. The Hall–Kier alpha value is -5.45. The van der Waals surface area contributed by atoms with Crippen molar-refractivity contribution >= 4 is 63.8 Å². The number of rotatable bonds is 3. The number of hydrogen-bond acceptors (Lipinski definition) is 4. The number of nitrogens with zero attached hydrogens (tertiary/aromatic N) is 3. The van der Waals surface area contributed by atoms with Crippen LogP contribution in [0, 0.1) is 0 Å². The van der Waals surface area contributed by atoms with Crippen molar-refractivity contribution in [3.8, 4) is 34.2 Å². The zero-order valence-corrected chi connectivity index (χ0v) is 23.8. The molecule has 0 aliphatic carbocycles. The van der Waals surface area contributed by atoms with Gasteiger partial charge >= 0.3 is 0 Å². The van der Waals surface area contributed by atoms with Crippen LogP contribution in [0.15, 0.2) is 140 Å². The number of benzene rings is 7. The van der Waals surface area contributed by atoms with Gasteiger partial charge in [-0.3, -0.25) is 0 Å². The Balaban J connectivity index is 1.27. The van der Waals surface area contributed by atoms with Crippen molar-refractivity contribution in [3.63, 3.8) is 0 Å². The molecule has 0 bridgehead atoms. The summed E-state index contributed by atoms with van der Waals surface area (Å²) < 4.78 is 2.54. The molecule has 0 fully saturated rings. The van der Waals surface area contributed by atoms with E-state index < -0.39 is 0 Å². The zero-order valence-electron chi connectivity index (χ0n) is 23.0. The number of fused-ring (bicyclic) bond motifs is 8. The molecule has 0 aliphatic rings. The van der Waals surface area contributed by atoms with E-state index >= 15 is 0 Å². The van der Waals surface area contributed by atoms with Crippen LogP contribution in [0.2, 0.25) is 0 Å². The molecule has 0 saturated heterocycles. The lowest BCUT2D eigenvalue weighted by atomic mass is 9.96. The van der Waals surface area contributed by atoms with Crippen molar-refractivity contribution < 1.29 is 0 Å². The Morgan fingerprint density at radius 2 is 0.860 bits per heavy atom. The fourth-order valence-electron chi connectivity index (χ4n) is 6.17. The summed E-state index contributed by atoms with van der Waals surface area (Å²) in [5.41, 5.74) is 2.91. The second-order valence-electron chi connectivity index (χ2n) is 10.9. The van der Waals surface area contributed by atoms with Gasteiger partial charge in [0.15, 0.2) is 17.5 Å². The first-order valence-electron chi connectivity index (χ1n) is 14.4. The van der Waals surface area contributed by atoms with Crippen molar-refractivity contribution in [3.05, 3.63) is 140 Å². The fraction of sp³-hybridized carbons (Fsp3) is 0. The maximum absolute atomic E-state index is 5.09. The van der Waals surface area contributed by atoms with Crippen LogP contribution >= 0.6 is 11.3 Å². The molecule has 9 rings (SSSR count). The highest BCUT2D eigenvalue weighted by molar-refractivity contribution is 7.25. The van der Waals surface area contributed by atoms with E-state index in [1.54, 1.807) is 0 Å². The van der Waals surface area contributed by atoms with E-state index in [9.17, 15) is 0 Å². The van der Waals surface area contributed by atoms with Crippen molar-refractivity contribution in [2.45, 2.75) is 0 Å². The molecule has 0 radical (unpaired) electrons. The first-order valence-corrected chi connectivity index (χ1v) is 15.2. The minimum Gasteiger partial charge on any atom is -0.208 e. The molecule has 2 heterocycles. The van der Waals surface area contributed by atoms with Crippen LogP contribution in [0.25, 0.3) is 86.7 Å². The van der Waals surface area contributed by atoms with Crippen molar-refractivity contribution in [2.75, 3.05) is 0 Å². The van der Waals surface area contributed by atoms with Gasteiger partial charge < -0.3 is 0 Å². The molecular formula is C39H23N3S. The second-order valence-corrected chi connectivity index (χ2v) is 11.9. The summed E-state index contributed by atoms with van der Waals surface area (Å²) in [7, 11) is 0. The van der Waals surface area contributed by atoms with Crippen LogP contribution in [0.3, 0.4) is 0 Å². The average molecular weight is 566 g/mol. The number of thiophene rings is 1. The van der Waals surface area contributed by atoms with Gasteiger partial charge in [0.05, 0.1) is 0 Å². The average Bonchev–Trinajstić information content (AvgIpc) is 3.46. The highest BCUT2D eigenvalue weighted by Gasteiger charge is 2.15. The molecule has 0 aliphatic heterocycles. The standard InChI is InChI=1S/C39H23N3S/c1-2-9-26(10-3-1)37-40-38(42-39(41-37)28-18-21-36-34(23-28)32-12-6-7-13-35(32)43-36)27-15-14-25-17-19-30-29-11-5-4-8-24(29)16-20-31(30)33(25)22-27/h1-23H. The summed E-state index contributed by atoms with van der Waals surface area (Å²) in [6.45, 7) is 0. The second kappa shape index (κ2) is 9.55. The van der Waals surface area contributed by atoms with Crippen molar-refractivity contribution in [2.24, 2.45) is 0 Å². The molecule has 0 saturated carbocycles. The molecule has 0 atom stereocenters. The molecule has 0 unspecified atom stereocenters. The zero-order chi connectivity index (χ0) is 28.3. The quantitative estimate of drug-likeness (QED) is 0.200. The van der Waals surface area contributed by atoms with Crippen LogP contribution < -0.4 is 0 Å². The maximum atomic E-state index is 5.09. The molecule has 4 heteroatoms. The summed E-state index contributed by atoms with van der Waals surface area (Å²) in [5.74, 6) is 2.00. The number of aromatic nitrogens is 3. The summed E-state index contributed by atoms with van der Waals surface area (Å²) in [6, 6.07) is 49.3. The summed E-state index contributed by atoms with van der Waals surface area (Å²) in [5, 5.41) is 9.86. The van der Waals surface area contributed by atoms with Crippen LogP contribution in [0.5, 0.6) is 0 Å². The van der Waals surface area contributed by atoms with Crippen LogP contribution in [0.4, 0.5) is 0 Å². The highest BCUT2D eigenvalue weighted by atomic mass is 32.1. The molecule has 3 nitrogen and oxygen atoms in total. The molecule has 0 N–H and O–H groups in total. The third kappa shape index (κ3) is 3.99. The van der Waals surface area contributed by atoms with E-state index in [2.05, 4.69) is 121 Å². The van der Waals surface area contributed by atoms with E-state index in [1.165, 1.54) is 52.5 Å². The first-order chi connectivity index (χ1) is 21.3. The first kappa shape index (κ1) is 24.2. The third-order valence-corrected chi connectivity index (χ3v) is 9.46. The molecule has 0 amide bonds. The Kier molecular flexibility index (Phi) is 5.37. The lowest BCUT2D eigenvalue weighted by Crippen LogP contribution is -2.00. The maximum Gasteiger partial charge on any atom is 0.164 e. The molecule has 2 aromatic heterocycles. The van der Waals surface area contributed by atoms with Crippen molar-refractivity contribution in [1.29, 1.82) is 0 Å².